The number of amides is 1. The van der Waals surface area contributed by atoms with Crippen LogP contribution in [0.3, 0.4) is 0 Å². The maximum absolute atomic E-state index is 12.2. The summed E-state index contributed by atoms with van der Waals surface area (Å²) >= 11 is 0. The van der Waals surface area contributed by atoms with Gasteiger partial charge < -0.3 is 15.1 Å². The third-order valence-electron chi connectivity index (χ3n) is 3.87. The van der Waals surface area contributed by atoms with Crippen LogP contribution in [0.25, 0.3) is 0 Å². The Hall–Kier alpha value is -1.79. The molecule has 1 amide bonds. The van der Waals surface area contributed by atoms with Gasteiger partial charge in [0.05, 0.1) is 12.2 Å². The van der Waals surface area contributed by atoms with E-state index in [2.05, 4.69) is 29.0 Å². The molecule has 1 heterocycles. The molecule has 1 aromatic heterocycles. The van der Waals surface area contributed by atoms with Crippen LogP contribution in [0.15, 0.2) is 18.3 Å². The predicted molar refractivity (Wildman–Crippen MR) is 91.4 cm³/mol. The van der Waals surface area contributed by atoms with E-state index in [1.165, 1.54) is 0 Å². The van der Waals surface area contributed by atoms with E-state index < -0.39 is 0 Å². The standard InChI is InChI=1S/C17H28N4O2/c1-4-20(5-2)9-10-21(6-3)17(23)13-18-12-16-11-15(14-22)7-8-19-16/h7-8,11,14,18H,4-6,9-10,12-13H2,1-3H3. The summed E-state index contributed by atoms with van der Waals surface area (Å²) in [6.07, 6.45) is 2.40. The van der Waals surface area contributed by atoms with E-state index in [4.69, 9.17) is 0 Å². The van der Waals surface area contributed by atoms with Crippen molar-refractivity contribution in [3.05, 3.63) is 29.6 Å². The van der Waals surface area contributed by atoms with Crippen LogP contribution < -0.4 is 5.32 Å². The van der Waals surface area contributed by atoms with Crippen molar-refractivity contribution in [2.24, 2.45) is 0 Å². The van der Waals surface area contributed by atoms with Crippen molar-refractivity contribution in [2.45, 2.75) is 27.3 Å². The second-order valence-electron chi connectivity index (χ2n) is 5.30. The normalized spacial score (nSPS) is 10.8. The van der Waals surface area contributed by atoms with Gasteiger partial charge in [0.25, 0.3) is 0 Å². The Labute approximate surface area is 138 Å². The fraction of sp³-hybridized carbons (Fsp3) is 0.588. The Kier molecular flexibility index (Phi) is 9.09. The van der Waals surface area contributed by atoms with Gasteiger partial charge in [-0.25, -0.2) is 0 Å². The minimum absolute atomic E-state index is 0.0891. The maximum atomic E-state index is 12.2. The molecule has 0 atom stereocenters. The second-order valence-corrected chi connectivity index (χ2v) is 5.30. The summed E-state index contributed by atoms with van der Waals surface area (Å²) in [4.78, 5) is 31.3. The minimum Gasteiger partial charge on any atom is -0.341 e. The van der Waals surface area contributed by atoms with Gasteiger partial charge in [-0.1, -0.05) is 13.8 Å². The Morgan fingerprint density at radius 3 is 2.57 bits per heavy atom. The molecule has 0 aromatic carbocycles. The summed E-state index contributed by atoms with van der Waals surface area (Å²) in [5.74, 6) is 0.0891. The molecule has 0 saturated carbocycles. The lowest BCUT2D eigenvalue weighted by Gasteiger charge is -2.25. The molecule has 0 bridgehead atoms. The van der Waals surface area contributed by atoms with Gasteiger partial charge in [0.15, 0.2) is 0 Å². The van der Waals surface area contributed by atoms with Gasteiger partial charge in [-0.15, -0.1) is 0 Å². The van der Waals surface area contributed by atoms with E-state index in [1.54, 1.807) is 18.3 Å². The topological polar surface area (TPSA) is 65.5 Å². The van der Waals surface area contributed by atoms with Crippen molar-refractivity contribution in [2.75, 3.05) is 39.3 Å². The highest BCUT2D eigenvalue weighted by Gasteiger charge is 2.12. The first-order valence-electron chi connectivity index (χ1n) is 8.25. The molecular formula is C17H28N4O2. The van der Waals surface area contributed by atoms with E-state index in [-0.39, 0.29) is 12.5 Å². The van der Waals surface area contributed by atoms with Gasteiger partial charge >= 0.3 is 0 Å². The van der Waals surface area contributed by atoms with Crippen LogP contribution in [0.1, 0.15) is 36.8 Å². The number of hydrogen-bond donors (Lipinski definition) is 1. The fourth-order valence-corrected chi connectivity index (χ4v) is 2.34. The van der Waals surface area contributed by atoms with E-state index in [1.807, 2.05) is 11.8 Å². The fourth-order valence-electron chi connectivity index (χ4n) is 2.34. The van der Waals surface area contributed by atoms with E-state index >= 15 is 0 Å². The Bertz CT molecular complexity index is 489. The van der Waals surface area contributed by atoms with Gasteiger partial charge in [0, 0.05) is 37.9 Å². The molecule has 1 aromatic rings. The zero-order valence-electron chi connectivity index (χ0n) is 14.4. The molecule has 23 heavy (non-hydrogen) atoms. The smallest absolute Gasteiger partial charge is 0.236 e. The van der Waals surface area contributed by atoms with Gasteiger partial charge in [-0.3, -0.25) is 14.6 Å². The van der Waals surface area contributed by atoms with Gasteiger partial charge in [-0.2, -0.15) is 0 Å². The lowest BCUT2D eigenvalue weighted by atomic mass is 10.2. The molecule has 0 saturated heterocycles. The number of rotatable bonds is 11. The van der Waals surface area contributed by atoms with E-state index in [9.17, 15) is 9.59 Å². The molecule has 128 valence electrons. The molecule has 0 aliphatic rings. The lowest BCUT2D eigenvalue weighted by molar-refractivity contribution is -0.130. The lowest BCUT2D eigenvalue weighted by Crippen LogP contribution is -2.42. The first kappa shape index (κ1) is 19.3. The summed E-state index contributed by atoms with van der Waals surface area (Å²) in [6.45, 7) is 11.4. The van der Waals surface area contributed by atoms with Crippen LogP contribution >= 0.6 is 0 Å². The number of hydrogen-bond acceptors (Lipinski definition) is 5. The monoisotopic (exact) mass is 320 g/mol. The molecule has 1 N–H and O–H groups in total. The SMILES string of the molecule is CCN(CC)CCN(CC)C(=O)CNCc1cc(C=O)ccn1. The largest absolute Gasteiger partial charge is 0.341 e. The highest BCUT2D eigenvalue weighted by molar-refractivity contribution is 5.78. The van der Waals surface area contributed by atoms with Crippen molar-refractivity contribution in [3.63, 3.8) is 0 Å². The molecule has 0 aliphatic heterocycles. The average molecular weight is 320 g/mol. The zero-order chi connectivity index (χ0) is 17.1. The van der Waals surface area contributed by atoms with Gasteiger partial charge in [0.2, 0.25) is 5.91 Å². The second kappa shape index (κ2) is 10.9. The van der Waals surface area contributed by atoms with Crippen LogP contribution in [0.2, 0.25) is 0 Å². The number of aldehydes is 1. The molecule has 6 nitrogen and oxygen atoms in total. The van der Waals surface area contributed by atoms with Crippen molar-refractivity contribution in [3.8, 4) is 0 Å². The first-order valence-corrected chi connectivity index (χ1v) is 8.25. The maximum Gasteiger partial charge on any atom is 0.236 e. The highest BCUT2D eigenvalue weighted by Crippen LogP contribution is 1.99. The Morgan fingerprint density at radius 2 is 1.96 bits per heavy atom. The van der Waals surface area contributed by atoms with E-state index in [0.29, 0.717) is 18.7 Å². The number of carbonyl (C=O) groups excluding carboxylic acids is 2. The molecule has 0 unspecified atom stereocenters. The summed E-state index contributed by atoms with van der Waals surface area (Å²) in [5.41, 5.74) is 1.35. The summed E-state index contributed by atoms with van der Waals surface area (Å²) in [5, 5.41) is 3.10. The van der Waals surface area contributed by atoms with Gasteiger partial charge in [-0.05, 0) is 32.1 Å². The number of pyridine rings is 1. The molecule has 6 heteroatoms. The van der Waals surface area contributed by atoms with Crippen LogP contribution in [-0.4, -0.2) is 66.2 Å². The molecule has 1 rings (SSSR count). The van der Waals surface area contributed by atoms with Crippen LogP contribution in [0, 0.1) is 0 Å². The number of nitrogens with zero attached hydrogens (tertiary/aromatic N) is 3. The van der Waals surface area contributed by atoms with Crippen LogP contribution in [0.5, 0.6) is 0 Å². The number of aromatic nitrogens is 1. The summed E-state index contributed by atoms with van der Waals surface area (Å²) in [7, 11) is 0. The summed E-state index contributed by atoms with van der Waals surface area (Å²) in [6, 6.07) is 3.39. The Balaban J connectivity index is 2.39. The van der Waals surface area contributed by atoms with Crippen molar-refractivity contribution in [1.82, 2.24) is 20.1 Å². The third-order valence-corrected chi connectivity index (χ3v) is 3.87. The van der Waals surface area contributed by atoms with E-state index in [0.717, 1.165) is 38.2 Å². The number of carbonyl (C=O) groups is 2. The van der Waals surface area contributed by atoms with Crippen molar-refractivity contribution >= 4 is 12.2 Å². The Morgan fingerprint density at radius 1 is 1.22 bits per heavy atom. The van der Waals surface area contributed by atoms with Crippen LogP contribution in [-0.2, 0) is 11.3 Å². The molecule has 0 spiro atoms. The molecule has 0 radical (unpaired) electrons. The average Bonchev–Trinajstić information content (AvgIpc) is 2.59. The highest BCUT2D eigenvalue weighted by atomic mass is 16.2. The molecular weight excluding hydrogens is 292 g/mol. The molecule has 0 fully saturated rings. The summed E-state index contributed by atoms with van der Waals surface area (Å²) < 4.78 is 0. The number of likely N-dealkylation sites (N-methyl/N-ethyl adjacent to an activating group) is 2. The van der Waals surface area contributed by atoms with Crippen LogP contribution in [0.4, 0.5) is 0 Å². The minimum atomic E-state index is 0.0891. The predicted octanol–water partition coefficient (Wildman–Crippen LogP) is 1.17. The van der Waals surface area contributed by atoms with Crippen molar-refractivity contribution < 1.29 is 9.59 Å². The molecule has 0 aliphatic carbocycles. The zero-order valence-corrected chi connectivity index (χ0v) is 14.4. The van der Waals surface area contributed by atoms with Gasteiger partial charge in [0.1, 0.15) is 6.29 Å². The third kappa shape index (κ3) is 6.88. The number of nitrogens with one attached hydrogen (secondary N) is 1. The quantitative estimate of drug-likeness (QED) is 0.620. The van der Waals surface area contributed by atoms with Crippen molar-refractivity contribution in [1.29, 1.82) is 0 Å². The first-order chi connectivity index (χ1) is 11.1.